The van der Waals surface area contributed by atoms with Crippen LogP contribution in [0.5, 0.6) is 5.75 Å². The number of amides is 2. The normalized spacial score (nSPS) is 12.7. The van der Waals surface area contributed by atoms with Crippen LogP contribution in [0.1, 0.15) is 16.7 Å². The van der Waals surface area contributed by atoms with Gasteiger partial charge in [0.25, 0.3) is 0 Å². The third-order valence-corrected chi connectivity index (χ3v) is 4.86. The van der Waals surface area contributed by atoms with Crippen molar-refractivity contribution in [3.05, 3.63) is 76.3 Å². The van der Waals surface area contributed by atoms with Crippen LogP contribution in [0.25, 0.3) is 5.69 Å². The standard InChI is InChI=1S/C21H20ClFN4O3/c22-17-1-3-19(4-2-17)27-11-14(10-26-27)9-25-21(28)24-6-5-15-7-18(23)8-16-12-29-13-30-20(15)16/h1-4,7-8,10-11H,5-6,9,12-13H2,(H2,24,25,28). The number of fused-ring (bicyclic) bond motifs is 1. The highest BCUT2D eigenvalue weighted by Gasteiger charge is 2.17. The van der Waals surface area contributed by atoms with Gasteiger partial charge in [-0.3, -0.25) is 0 Å². The van der Waals surface area contributed by atoms with Crippen LogP contribution in [0.2, 0.25) is 5.02 Å². The molecule has 9 heteroatoms. The van der Waals surface area contributed by atoms with Gasteiger partial charge in [-0.05, 0) is 48.4 Å². The summed E-state index contributed by atoms with van der Waals surface area (Å²) in [5, 5.41) is 10.5. The number of hydrogen-bond acceptors (Lipinski definition) is 4. The van der Waals surface area contributed by atoms with E-state index < -0.39 is 0 Å². The van der Waals surface area contributed by atoms with Crippen molar-refractivity contribution in [2.24, 2.45) is 0 Å². The minimum absolute atomic E-state index is 0.142. The fourth-order valence-electron chi connectivity index (χ4n) is 3.18. The summed E-state index contributed by atoms with van der Waals surface area (Å²) in [5.41, 5.74) is 3.12. The molecular formula is C21H20ClFN4O3. The second-order valence-corrected chi connectivity index (χ2v) is 7.23. The molecular weight excluding hydrogens is 411 g/mol. The average molecular weight is 431 g/mol. The molecule has 1 aliphatic rings. The van der Waals surface area contributed by atoms with E-state index >= 15 is 0 Å². The number of rotatable bonds is 6. The van der Waals surface area contributed by atoms with Gasteiger partial charge in [0.05, 0.1) is 18.5 Å². The quantitative estimate of drug-likeness (QED) is 0.626. The molecule has 0 radical (unpaired) electrons. The van der Waals surface area contributed by atoms with Gasteiger partial charge in [-0.1, -0.05) is 11.6 Å². The first-order valence-corrected chi connectivity index (χ1v) is 9.79. The Balaban J connectivity index is 1.26. The molecule has 2 aromatic carbocycles. The van der Waals surface area contributed by atoms with Crippen molar-refractivity contribution in [3.8, 4) is 11.4 Å². The van der Waals surface area contributed by atoms with Crippen LogP contribution in [0.15, 0.2) is 48.8 Å². The van der Waals surface area contributed by atoms with Crippen molar-refractivity contribution >= 4 is 17.6 Å². The third-order valence-electron chi connectivity index (χ3n) is 4.61. The summed E-state index contributed by atoms with van der Waals surface area (Å²) >= 11 is 5.90. The van der Waals surface area contributed by atoms with Crippen molar-refractivity contribution in [2.75, 3.05) is 13.3 Å². The Kier molecular flexibility index (Phi) is 6.15. The highest BCUT2D eigenvalue weighted by molar-refractivity contribution is 6.30. The fourth-order valence-corrected chi connectivity index (χ4v) is 3.31. The molecule has 4 rings (SSSR count). The first-order valence-electron chi connectivity index (χ1n) is 9.41. The highest BCUT2D eigenvalue weighted by atomic mass is 35.5. The van der Waals surface area contributed by atoms with Gasteiger partial charge < -0.3 is 20.1 Å². The van der Waals surface area contributed by atoms with E-state index in [9.17, 15) is 9.18 Å². The van der Waals surface area contributed by atoms with Gasteiger partial charge in [-0.2, -0.15) is 5.10 Å². The zero-order chi connectivity index (χ0) is 20.9. The maximum atomic E-state index is 13.8. The van der Waals surface area contributed by atoms with E-state index in [2.05, 4.69) is 15.7 Å². The van der Waals surface area contributed by atoms with E-state index in [0.29, 0.717) is 48.0 Å². The predicted molar refractivity (Wildman–Crippen MR) is 109 cm³/mol. The largest absolute Gasteiger partial charge is 0.467 e. The summed E-state index contributed by atoms with van der Waals surface area (Å²) in [6, 6.07) is 9.82. The summed E-state index contributed by atoms with van der Waals surface area (Å²) in [6.45, 7) is 1.13. The molecule has 0 spiro atoms. The van der Waals surface area contributed by atoms with E-state index in [-0.39, 0.29) is 18.6 Å². The van der Waals surface area contributed by atoms with E-state index in [0.717, 1.165) is 11.3 Å². The number of aromatic nitrogens is 2. The average Bonchev–Trinajstić information content (AvgIpc) is 3.22. The molecule has 1 aliphatic heterocycles. The zero-order valence-electron chi connectivity index (χ0n) is 16.0. The fraction of sp³-hybridized carbons (Fsp3) is 0.238. The molecule has 3 aromatic rings. The highest BCUT2D eigenvalue weighted by Crippen LogP contribution is 2.29. The van der Waals surface area contributed by atoms with Crippen LogP contribution < -0.4 is 15.4 Å². The van der Waals surface area contributed by atoms with Gasteiger partial charge in [-0.25, -0.2) is 13.9 Å². The number of urea groups is 1. The molecule has 2 N–H and O–H groups in total. The summed E-state index contributed by atoms with van der Waals surface area (Å²) in [7, 11) is 0. The lowest BCUT2D eigenvalue weighted by Gasteiger charge is -2.21. The molecule has 0 bridgehead atoms. The lowest BCUT2D eigenvalue weighted by Crippen LogP contribution is -2.36. The van der Waals surface area contributed by atoms with Crippen molar-refractivity contribution < 1.29 is 18.7 Å². The Labute approximate surface area is 177 Å². The molecule has 1 aromatic heterocycles. The Hall–Kier alpha value is -3.10. The number of hydrogen-bond donors (Lipinski definition) is 2. The van der Waals surface area contributed by atoms with Gasteiger partial charge in [0.15, 0.2) is 6.79 Å². The molecule has 2 heterocycles. The molecule has 0 aliphatic carbocycles. The van der Waals surface area contributed by atoms with Gasteiger partial charge >= 0.3 is 6.03 Å². The van der Waals surface area contributed by atoms with Crippen LogP contribution in [-0.4, -0.2) is 29.1 Å². The molecule has 7 nitrogen and oxygen atoms in total. The predicted octanol–water partition coefficient (Wildman–Crippen LogP) is 3.57. The topological polar surface area (TPSA) is 77.4 Å². The van der Waals surface area contributed by atoms with E-state index in [1.54, 1.807) is 23.0 Å². The number of carbonyl (C=O) groups is 1. The minimum atomic E-state index is -0.347. The summed E-state index contributed by atoms with van der Waals surface area (Å²) in [5.74, 6) is 0.291. The SMILES string of the molecule is O=C(NCCc1cc(F)cc2c1OCOC2)NCc1cnn(-c2ccc(Cl)cc2)c1. The van der Waals surface area contributed by atoms with Crippen molar-refractivity contribution in [3.63, 3.8) is 0 Å². The molecule has 0 atom stereocenters. The van der Waals surface area contributed by atoms with Crippen LogP contribution in [0.4, 0.5) is 9.18 Å². The molecule has 0 unspecified atom stereocenters. The van der Waals surface area contributed by atoms with Crippen LogP contribution in [0.3, 0.4) is 0 Å². The number of nitrogens with one attached hydrogen (secondary N) is 2. The van der Waals surface area contributed by atoms with Gasteiger partial charge in [-0.15, -0.1) is 0 Å². The molecule has 0 fully saturated rings. The van der Waals surface area contributed by atoms with Gasteiger partial charge in [0, 0.05) is 35.4 Å². The minimum Gasteiger partial charge on any atom is -0.467 e. The number of ether oxygens (including phenoxy) is 2. The van der Waals surface area contributed by atoms with Crippen molar-refractivity contribution in [1.82, 2.24) is 20.4 Å². The number of carbonyl (C=O) groups excluding carboxylic acids is 1. The van der Waals surface area contributed by atoms with Crippen molar-refractivity contribution in [1.29, 1.82) is 0 Å². The third kappa shape index (κ3) is 4.90. The Morgan fingerprint density at radius 3 is 2.90 bits per heavy atom. The lowest BCUT2D eigenvalue weighted by molar-refractivity contribution is -0.0172. The number of halogens is 2. The second kappa shape index (κ2) is 9.15. The molecule has 0 saturated heterocycles. The second-order valence-electron chi connectivity index (χ2n) is 6.79. The monoisotopic (exact) mass is 430 g/mol. The Morgan fingerprint density at radius 1 is 1.23 bits per heavy atom. The molecule has 0 saturated carbocycles. The van der Waals surface area contributed by atoms with E-state index in [1.165, 1.54) is 12.1 Å². The zero-order valence-corrected chi connectivity index (χ0v) is 16.8. The van der Waals surface area contributed by atoms with Crippen LogP contribution >= 0.6 is 11.6 Å². The van der Waals surface area contributed by atoms with E-state index in [1.807, 2.05) is 18.3 Å². The maximum Gasteiger partial charge on any atom is 0.315 e. The van der Waals surface area contributed by atoms with Gasteiger partial charge in [0.1, 0.15) is 11.6 Å². The van der Waals surface area contributed by atoms with Crippen LogP contribution in [0, 0.1) is 5.82 Å². The van der Waals surface area contributed by atoms with Crippen molar-refractivity contribution in [2.45, 2.75) is 19.6 Å². The molecule has 30 heavy (non-hydrogen) atoms. The Bertz CT molecular complexity index is 1040. The van der Waals surface area contributed by atoms with Gasteiger partial charge in [0.2, 0.25) is 0 Å². The first kappa shape index (κ1) is 20.2. The smallest absolute Gasteiger partial charge is 0.315 e. The molecule has 2 amide bonds. The maximum absolute atomic E-state index is 13.8. The first-order chi connectivity index (χ1) is 14.6. The summed E-state index contributed by atoms with van der Waals surface area (Å²) in [6.07, 6.45) is 3.97. The molecule has 156 valence electrons. The summed E-state index contributed by atoms with van der Waals surface area (Å²) in [4.78, 5) is 12.1. The lowest BCUT2D eigenvalue weighted by atomic mass is 10.1. The number of benzene rings is 2. The summed E-state index contributed by atoms with van der Waals surface area (Å²) < 4.78 is 26.1. The van der Waals surface area contributed by atoms with E-state index in [4.69, 9.17) is 21.1 Å². The number of nitrogens with zero attached hydrogens (tertiary/aromatic N) is 2. The van der Waals surface area contributed by atoms with Crippen LogP contribution in [-0.2, 0) is 24.3 Å². The Morgan fingerprint density at radius 2 is 2.07 bits per heavy atom.